The lowest BCUT2D eigenvalue weighted by atomic mass is 10.1. The summed E-state index contributed by atoms with van der Waals surface area (Å²) >= 11 is 1.44. The number of hydrogen-bond acceptors (Lipinski definition) is 5. The number of hydrogen-bond donors (Lipinski definition) is 1. The summed E-state index contributed by atoms with van der Waals surface area (Å²) in [5.41, 5.74) is 1.76. The van der Waals surface area contributed by atoms with Crippen LogP contribution in [0.3, 0.4) is 0 Å². The summed E-state index contributed by atoms with van der Waals surface area (Å²) in [7, 11) is 1.80. The highest BCUT2D eigenvalue weighted by molar-refractivity contribution is 7.13. The first-order chi connectivity index (χ1) is 10.7. The van der Waals surface area contributed by atoms with Crippen LogP contribution in [-0.4, -0.2) is 42.0 Å². The van der Waals surface area contributed by atoms with Crippen LogP contribution in [0, 0.1) is 0 Å². The number of likely N-dealkylation sites (tertiary alicyclic amines) is 1. The second-order valence-corrected chi connectivity index (χ2v) is 6.10. The van der Waals surface area contributed by atoms with Gasteiger partial charge in [-0.3, -0.25) is 4.79 Å². The van der Waals surface area contributed by atoms with Crippen LogP contribution in [0.2, 0.25) is 0 Å². The van der Waals surface area contributed by atoms with Crippen LogP contribution in [0.4, 0.5) is 5.13 Å². The van der Waals surface area contributed by atoms with Crippen molar-refractivity contribution < 1.29 is 9.53 Å². The monoisotopic (exact) mass is 317 g/mol. The maximum Gasteiger partial charge on any atom is 0.273 e. The van der Waals surface area contributed by atoms with E-state index in [-0.39, 0.29) is 12.0 Å². The fourth-order valence-corrected chi connectivity index (χ4v) is 3.00. The Kier molecular flexibility index (Phi) is 4.29. The molecule has 1 aromatic carbocycles. The SMILES string of the molecule is CCc1cccc(OC2CN(C(=O)c3csc(NC)n3)C2)c1. The van der Waals surface area contributed by atoms with Gasteiger partial charge >= 0.3 is 0 Å². The second kappa shape index (κ2) is 6.36. The first-order valence-electron chi connectivity index (χ1n) is 7.37. The number of rotatable bonds is 5. The van der Waals surface area contributed by atoms with Crippen LogP contribution < -0.4 is 10.1 Å². The van der Waals surface area contributed by atoms with Crippen molar-refractivity contribution in [3.05, 3.63) is 40.9 Å². The highest BCUT2D eigenvalue weighted by Gasteiger charge is 2.33. The summed E-state index contributed by atoms with van der Waals surface area (Å²) in [5, 5.41) is 5.48. The molecule has 0 spiro atoms. The highest BCUT2D eigenvalue weighted by Crippen LogP contribution is 2.22. The number of nitrogens with one attached hydrogen (secondary N) is 1. The topological polar surface area (TPSA) is 54.5 Å². The summed E-state index contributed by atoms with van der Waals surface area (Å²) < 4.78 is 5.91. The summed E-state index contributed by atoms with van der Waals surface area (Å²) in [6.07, 6.45) is 1.06. The largest absolute Gasteiger partial charge is 0.487 e. The molecular weight excluding hydrogens is 298 g/mol. The number of benzene rings is 1. The number of carbonyl (C=O) groups is 1. The molecule has 2 heterocycles. The Morgan fingerprint density at radius 2 is 2.32 bits per heavy atom. The van der Waals surface area contributed by atoms with E-state index in [4.69, 9.17) is 4.74 Å². The van der Waals surface area contributed by atoms with Crippen molar-refractivity contribution in [2.75, 3.05) is 25.5 Å². The van der Waals surface area contributed by atoms with Gasteiger partial charge in [0.25, 0.3) is 5.91 Å². The average Bonchev–Trinajstić information content (AvgIpc) is 2.99. The number of amides is 1. The maximum absolute atomic E-state index is 12.2. The number of carbonyl (C=O) groups excluding carboxylic acids is 1. The molecule has 2 aromatic rings. The van der Waals surface area contributed by atoms with Gasteiger partial charge in [0.2, 0.25) is 0 Å². The van der Waals surface area contributed by atoms with Gasteiger partial charge in [-0.1, -0.05) is 19.1 Å². The molecule has 22 heavy (non-hydrogen) atoms. The molecule has 116 valence electrons. The normalized spacial score (nSPS) is 14.5. The van der Waals surface area contributed by atoms with Gasteiger partial charge in [-0.15, -0.1) is 11.3 Å². The molecule has 1 aliphatic rings. The van der Waals surface area contributed by atoms with Gasteiger partial charge in [0, 0.05) is 12.4 Å². The number of ether oxygens (including phenoxy) is 1. The molecule has 0 saturated carbocycles. The lowest BCUT2D eigenvalue weighted by Gasteiger charge is -2.38. The lowest BCUT2D eigenvalue weighted by Crippen LogP contribution is -2.56. The van der Waals surface area contributed by atoms with E-state index in [2.05, 4.69) is 29.4 Å². The van der Waals surface area contributed by atoms with Crippen LogP contribution in [0.5, 0.6) is 5.75 Å². The second-order valence-electron chi connectivity index (χ2n) is 5.24. The molecule has 0 bridgehead atoms. The number of anilines is 1. The minimum atomic E-state index is -0.0279. The minimum absolute atomic E-state index is 0.0279. The molecule has 1 N–H and O–H groups in total. The molecule has 1 aromatic heterocycles. The third kappa shape index (κ3) is 3.06. The van der Waals surface area contributed by atoms with Gasteiger partial charge in [0.05, 0.1) is 13.1 Å². The molecule has 1 saturated heterocycles. The molecular formula is C16H19N3O2S. The van der Waals surface area contributed by atoms with E-state index in [1.165, 1.54) is 16.9 Å². The molecule has 0 unspecified atom stereocenters. The van der Waals surface area contributed by atoms with Crippen molar-refractivity contribution in [3.8, 4) is 5.75 Å². The van der Waals surface area contributed by atoms with E-state index >= 15 is 0 Å². The molecule has 1 aliphatic heterocycles. The van der Waals surface area contributed by atoms with Crippen molar-refractivity contribution in [1.82, 2.24) is 9.88 Å². The third-order valence-corrected chi connectivity index (χ3v) is 4.54. The van der Waals surface area contributed by atoms with Gasteiger partial charge in [-0.2, -0.15) is 0 Å². The zero-order valence-electron chi connectivity index (χ0n) is 12.7. The molecule has 3 rings (SSSR count). The smallest absolute Gasteiger partial charge is 0.273 e. The molecule has 0 aliphatic carbocycles. The first kappa shape index (κ1) is 14.8. The van der Waals surface area contributed by atoms with Gasteiger partial charge in [-0.05, 0) is 24.1 Å². The Morgan fingerprint density at radius 3 is 3.00 bits per heavy atom. The molecule has 0 atom stereocenters. The van der Waals surface area contributed by atoms with Crippen molar-refractivity contribution in [2.24, 2.45) is 0 Å². The van der Waals surface area contributed by atoms with Crippen LogP contribution in [0.1, 0.15) is 23.0 Å². The zero-order valence-corrected chi connectivity index (χ0v) is 13.5. The molecule has 1 amide bonds. The third-order valence-electron chi connectivity index (χ3n) is 3.68. The van der Waals surface area contributed by atoms with E-state index in [0.29, 0.717) is 18.8 Å². The van der Waals surface area contributed by atoms with Gasteiger partial charge in [0.1, 0.15) is 17.5 Å². The molecule has 1 fully saturated rings. The number of aromatic nitrogens is 1. The number of thiazole rings is 1. The Hall–Kier alpha value is -2.08. The van der Waals surface area contributed by atoms with Crippen LogP contribution >= 0.6 is 11.3 Å². The lowest BCUT2D eigenvalue weighted by molar-refractivity contribution is 0.0174. The first-order valence-corrected chi connectivity index (χ1v) is 8.25. The van der Waals surface area contributed by atoms with Crippen molar-refractivity contribution in [3.63, 3.8) is 0 Å². The van der Waals surface area contributed by atoms with Gasteiger partial charge < -0.3 is 15.0 Å². The summed E-state index contributed by atoms with van der Waals surface area (Å²) in [6.45, 7) is 3.35. The summed E-state index contributed by atoms with van der Waals surface area (Å²) in [6, 6.07) is 8.11. The number of aryl methyl sites for hydroxylation is 1. The Bertz CT molecular complexity index is 665. The quantitative estimate of drug-likeness (QED) is 0.921. The van der Waals surface area contributed by atoms with E-state index in [9.17, 15) is 4.79 Å². The fourth-order valence-electron chi connectivity index (χ4n) is 2.36. The summed E-state index contributed by atoms with van der Waals surface area (Å²) in [4.78, 5) is 18.2. The van der Waals surface area contributed by atoms with E-state index < -0.39 is 0 Å². The molecule has 5 nitrogen and oxygen atoms in total. The Morgan fingerprint density at radius 1 is 1.50 bits per heavy atom. The molecule has 6 heteroatoms. The van der Waals surface area contributed by atoms with Crippen molar-refractivity contribution >= 4 is 22.4 Å². The standard InChI is InChI=1S/C16H19N3O2S/c1-3-11-5-4-6-12(7-11)21-13-8-19(9-13)15(20)14-10-22-16(17-2)18-14/h4-7,10,13H,3,8-9H2,1-2H3,(H,17,18). The Labute approximate surface area is 133 Å². The van der Waals surface area contributed by atoms with Gasteiger partial charge in [-0.25, -0.2) is 4.98 Å². The van der Waals surface area contributed by atoms with Crippen molar-refractivity contribution in [1.29, 1.82) is 0 Å². The average molecular weight is 317 g/mol. The number of nitrogens with zero attached hydrogens (tertiary/aromatic N) is 2. The van der Waals surface area contributed by atoms with Gasteiger partial charge in [0.15, 0.2) is 5.13 Å². The Balaban J connectivity index is 1.54. The van der Waals surface area contributed by atoms with Crippen LogP contribution in [-0.2, 0) is 6.42 Å². The highest BCUT2D eigenvalue weighted by atomic mass is 32.1. The maximum atomic E-state index is 12.2. The van der Waals surface area contributed by atoms with E-state index in [0.717, 1.165) is 17.3 Å². The van der Waals surface area contributed by atoms with Crippen molar-refractivity contribution in [2.45, 2.75) is 19.4 Å². The van der Waals surface area contributed by atoms with Crippen LogP contribution in [0.15, 0.2) is 29.6 Å². The van der Waals surface area contributed by atoms with E-state index in [1.807, 2.05) is 12.1 Å². The minimum Gasteiger partial charge on any atom is -0.487 e. The zero-order chi connectivity index (χ0) is 15.5. The predicted molar refractivity (Wildman–Crippen MR) is 87.8 cm³/mol. The predicted octanol–water partition coefficient (Wildman–Crippen LogP) is 2.65. The summed E-state index contributed by atoms with van der Waals surface area (Å²) in [5.74, 6) is 0.850. The fraction of sp³-hybridized carbons (Fsp3) is 0.375. The van der Waals surface area contributed by atoms with E-state index in [1.54, 1.807) is 17.3 Å². The molecule has 0 radical (unpaired) electrons. The van der Waals surface area contributed by atoms with Crippen LogP contribution in [0.25, 0.3) is 0 Å².